The molecule has 0 aliphatic heterocycles. The fraction of sp³-hybridized carbons (Fsp3) is 0.889. The maximum absolute atomic E-state index is 11.6. The normalized spacial score (nSPS) is 13.3. The summed E-state index contributed by atoms with van der Waals surface area (Å²) in [6, 6.07) is -0.569. The molecule has 0 spiro atoms. The zero-order valence-corrected chi connectivity index (χ0v) is 9.00. The summed E-state index contributed by atoms with van der Waals surface area (Å²) in [4.78, 5) is 11.2. The Bertz CT molecular complexity index is 189. The fourth-order valence-electron chi connectivity index (χ4n) is 0.839. The van der Waals surface area contributed by atoms with E-state index in [9.17, 15) is 13.6 Å². The summed E-state index contributed by atoms with van der Waals surface area (Å²) in [7, 11) is 0. The smallest absolute Gasteiger partial charge is 0.261 e. The number of nitrogens with two attached hydrogens (primary N) is 1. The van der Waals surface area contributed by atoms with Crippen LogP contribution in [0.4, 0.5) is 8.78 Å². The van der Waals surface area contributed by atoms with E-state index >= 15 is 0 Å². The van der Waals surface area contributed by atoms with Crippen LogP contribution in [0.25, 0.3) is 0 Å². The molecule has 0 aromatic carbocycles. The van der Waals surface area contributed by atoms with Gasteiger partial charge in [-0.3, -0.25) is 4.79 Å². The highest BCUT2D eigenvalue weighted by Crippen LogP contribution is 1.97. The molecule has 1 amide bonds. The van der Waals surface area contributed by atoms with E-state index in [1.807, 2.05) is 13.8 Å². The van der Waals surface area contributed by atoms with Crippen LogP contribution < -0.4 is 11.1 Å². The number of alkyl halides is 2. The van der Waals surface area contributed by atoms with Crippen molar-refractivity contribution in [3.8, 4) is 0 Å². The Morgan fingerprint density at radius 3 is 2.53 bits per heavy atom. The van der Waals surface area contributed by atoms with Gasteiger partial charge in [-0.25, -0.2) is 8.78 Å². The van der Waals surface area contributed by atoms with E-state index in [4.69, 9.17) is 5.73 Å². The van der Waals surface area contributed by atoms with Crippen molar-refractivity contribution < 1.29 is 18.3 Å². The average Bonchev–Trinajstić information content (AvgIpc) is 2.15. The van der Waals surface area contributed by atoms with Crippen molar-refractivity contribution in [1.82, 2.24) is 5.32 Å². The van der Waals surface area contributed by atoms with Gasteiger partial charge in [-0.2, -0.15) is 0 Å². The fourth-order valence-corrected chi connectivity index (χ4v) is 0.839. The Morgan fingerprint density at radius 2 is 2.07 bits per heavy atom. The van der Waals surface area contributed by atoms with Gasteiger partial charge < -0.3 is 15.8 Å². The molecular formula is C9H18F2N2O2. The second-order valence-corrected chi connectivity index (χ2v) is 3.53. The van der Waals surface area contributed by atoms with E-state index in [2.05, 4.69) is 10.1 Å². The van der Waals surface area contributed by atoms with E-state index < -0.39 is 19.1 Å². The molecule has 0 radical (unpaired) electrons. The van der Waals surface area contributed by atoms with Crippen molar-refractivity contribution in [2.75, 3.05) is 19.8 Å². The van der Waals surface area contributed by atoms with E-state index in [-0.39, 0.29) is 25.0 Å². The monoisotopic (exact) mass is 224 g/mol. The number of nitrogens with one attached hydrogen (secondary N) is 1. The summed E-state index contributed by atoms with van der Waals surface area (Å²) in [6.07, 6.45) is -2.47. The standard InChI is InChI=1S/C9H18F2N2O2/c1-6(2)8(12)9(14)13-3-4-15-5-7(10)11/h6-8H,3-5,12H2,1-2H3,(H,13,14). The molecule has 1 atom stereocenters. The van der Waals surface area contributed by atoms with Gasteiger partial charge in [0.2, 0.25) is 5.91 Å². The van der Waals surface area contributed by atoms with E-state index in [0.717, 1.165) is 0 Å². The zero-order chi connectivity index (χ0) is 11.8. The van der Waals surface area contributed by atoms with Crippen molar-refractivity contribution in [1.29, 1.82) is 0 Å². The summed E-state index contributed by atoms with van der Waals surface area (Å²) < 4.78 is 27.8. The summed E-state index contributed by atoms with van der Waals surface area (Å²) in [6.45, 7) is 3.33. The lowest BCUT2D eigenvalue weighted by Crippen LogP contribution is -2.44. The van der Waals surface area contributed by atoms with Gasteiger partial charge in [0.1, 0.15) is 6.61 Å². The number of rotatable bonds is 7. The third kappa shape index (κ3) is 7.21. The molecule has 90 valence electrons. The number of hydrogen-bond donors (Lipinski definition) is 2. The molecule has 0 aromatic heterocycles. The number of halogens is 2. The molecule has 0 aliphatic rings. The molecule has 4 nitrogen and oxygen atoms in total. The molecule has 0 bridgehead atoms. The van der Waals surface area contributed by atoms with Gasteiger partial charge in [0.25, 0.3) is 6.43 Å². The van der Waals surface area contributed by atoms with Gasteiger partial charge in [-0.1, -0.05) is 13.8 Å². The van der Waals surface area contributed by atoms with Crippen LogP contribution in [0.15, 0.2) is 0 Å². The first-order valence-corrected chi connectivity index (χ1v) is 4.84. The Balaban J connectivity index is 3.47. The Kier molecular flexibility index (Phi) is 7.15. The van der Waals surface area contributed by atoms with Crippen LogP contribution >= 0.6 is 0 Å². The summed E-state index contributed by atoms with van der Waals surface area (Å²) in [5, 5.41) is 2.50. The summed E-state index contributed by atoms with van der Waals surface area (Å²) in [5.74, 6) is -0.238. The first-order valence-electron chi connectivity index (χ1n) is 4.84. The van der Waals surface area contributed by atoms with Gasteiger partial charge in [0.05, 0.1) is 12.6 Å². The third-order valence-electron chi connectivity index (χ3n) is 1.81. The molecule has 3 N–H and O–H groups in total. The quantitative estimate of drug-likeness (QED) is 0.614. The minimum atomic E-state index is -2.47. The lowest BCUT2D eigenvalue weighted by molar-refractivity contribution is -0.123. The first-order chi connectivity index (χ1) is 6.95. The predicted octanol–water partition coefficient (Wildman–Crippen LogP) is 0.368. The molecule has 6 heteroatoms. The summed E-state index contributed by atoms with van der Waals surface area (Å²) >= 11 is 0. The van der Waals surface area contributed by atoms with Crippen molar-refractivity contribution >= 4 is 5.91 Å². The van der Waals surface area contributed by atoms with Gasteiger partial charge in [-0.15, -0.1) is 0 Å². The Labute approximate surface area is 88.2 Å². The van der Waals surface area contributed by atoms with Gasteiger partial charge in [0.15, 0.2) is 0 Å². The highest BCUT2D eigenvalue weighted by atomic mass is 19.3. The lowest BCUT2D eigenvalue weighted by atomic mass is 10.1. The number of carbonyl (C=O) groups is 1. The van der Waals surface area contributed by atoms with E-state index in [1.54, 1.807) is 0 Å². The number of hydrogen-bond acceptors (Lipinski definition) is 3. The molecule has 15 heavy (non-hydrogen) atoms. The maximum Gasteiger partial charge on any atom is 0.261 e. The molecule has 0 rings (SSSR count). The van der Waals surface area contributed by atoms with Gasteiger partial charge in [0, 0.05) is 6.54 Å². The maximum atomic E-state index is 11.6. The van der Waals surface area contributed by atoms with E-state index in [1.165, 1.54) is 0 Å². The van der Waals surface area contributed by atoms with Crippen LogP contribution in [0, 0.1) is 5.92 Å². The van der Waals surface area contributed by atoms with Crippen LogP contribution in [-0.2, 0) is 9.53 Å². The molecule has 0 heterocycles. The van der Waals surface area contributed by atoms with Gasteiger partial charge >= 0.3 is 0 Å². The molecule has 0 saturated carbocycles. The van der Waals surface area contributed by atoms with Crippen molar-refractivity contribution in [2.24, 2.45) is 11.7 Å². The predicted molar refractivity (Wildman–Crippen MR) is 52.6 cm³/mol. The molecular weight excluding hydrogens is 206 g/mol. The molecule has 0 aliphatic carbocycles. The Hall–Kier alpha value is -0.750. The zero-order valence-electron chi connectivity index (χ0n) is 9.00. The van der Waals surface area contributed by atoms with Crippen LogP contribution in [0.3, 0.4) is 0 Å². The molecule has 1 unspecified atom stereocenters. The number of carbonyl (C=O) groups excluding carboxylic acids is 1. The lowest BCUT2D eigenvalue weighted by Gasteiger charge is -2.15. The minimum absolute atomic E-state index is 0.0481. The minimum Gasteiger partial charge on any atom is -0.374 e. The molecule has 0 saturated heterocycles. The number of ether oxygens (including phenoxy) is 1. The third-order valence-corrected chi connectivity index (χ3v) is 1.81. The van der Waals surface area contributed by atoms with E-state index in [0.29, 0.717) is 0 Å². The van der Waals surface area contributed by atoms with Crippen molar-refractivity contribution in [3.63, 3.8) is 0 Å². The largest absolute Gasteiger partial charge is 0.374 e. The first kappa shape index (κ1) is 14.2. The van der Waals surface area contributed by atoms with Gasteiger partial charge in [-0.05, 0) is 5.92 Å². The van der Waals surface area contributed by atoms with Crippen molar-refractivity contribution in [3.05, 3.63) is 0 Å². The average molecular weight is 224 g/mol. The SMILES string of the molecule is CC(C)C(N)C(=O)NCCOCC(F)F. The second kappa shape index (κ2) is 7.53. The topological polar surface area (TPSA) is 64.4 Å². The van der Waals surface area contributed by atoms with Crippen LogP contribution in [0.1, 0.15) is 13.8 Å². The molecule has 0 fully saturated rings. The Morgan fingerprint density at radius 1 is 1.47 bits per heavy atom. The van der Waals surface area contributed by atoms with Crippen LogP contribution in [0.2, 0.25) is 0 Å². The molecule has 0 aromatic rings. The van der Waals surface area contributed by atoms with Crippen LogP contribution in [0.5, 0.6) is 0 Å². The number of amides is 1. The van der Waals surface area contributed by atoms with Crippen molar-refractivity contribution in [2.45, 2.75) is 26.3 Å². The van der Waals surface area contributed by atoms with Crippen LogP contribution in [-0.4, -0.2) is 38.1 Å². The highest BCUT2D eigenvalue weighted by molar-refractivity contribution is 5.81. The summed E-state index contributed by atoms with van der Waals surface area (Å²) in [5.41, 5.74) is 5.55. The highest BCUT2D eigenvalue weighted by Gasteiger charge is 2.16. The second-order valence-electron chi connectivity index (χ2n) is 3.53.